The summed E-state index contributed by atoms with van der Waals surface area (Å²) in [6, 6.07) is 2.30. The number of aryl methyl sites for hydroxylation is 1. The van der Waals surface area contributed by atoms with Crippen LogP contribution in [0.5, 0.6) is 0 Å². The number of rotatable bonds is 4. The van der Waals surface area contributed by atoms with Gasteiger partial charge in [-0.25, -0.2) is 4.98 Å². The maximum absolute atomic E-state index is 8.78. The molecule has 1 aromatic rings. The first-order valence-corrected chi connectivity index (χ1v) is 4.51. The van der Waals surface area contributed by atoms with Gasteiger partial charge in [0.15, 0.2) is 0 Å². The molecule has 0 fully saturated rings. The molecule has 0 aliphatic carbocycles. The number of aromatic nitrogens is 2. The Hall–Kier alpha value is -1.30. The number of nitrogens with zero attached hydrogens (tertiary/aromatic N) is 3. The van der Waals surface area contributed by atoms with Crippen molar-refractivity contribution in [1.29, 1.82) is 5.26 Å². The number of hydrogen-bond acceptors (Lipinski definition) is 2. The van der Waals surface area contributed by atoms with Crippen molar-refractivity contribution in [2.45, 2.75) is 33.2 Å². The molecule has 1 aromatic heterocycles. The van der Waals surface area contributed by atoms with Crippen LogP contribution in [0.25, 0.3) is 0 Å². The molecule has 70 valence electrons. The van der Waals surface area contributed by atoms with Crippen molar-refractivity contribution in [3.05, 3.63) is 18.7 Å². The molecule has 13 heavy (non-hydrogen) atoms. The van der Waals surface area contributed by atoms with Gasteiger partial charge in [0.1, 0.15) is 0 Å². The maximum atomic E-state index is 8.78. The minimum atomic E-state index is -0.194. The Morgan fingerprint density at radius 1 is 1.54 bits per heavy atom. The van der Waals surface area contributed by atoms with Crippen LogP contribution < -0.4 is 0 Å². The van der Waals surface area contributed by atoms with E-state index in [-0.39, 0.29) is 5.41 Å². The summed E-state index contributed by atoms with van der Waals surface area (Å²) in [7, 11) is 0. The van der Waals surface area contributed by atoms with E-state index in [0.29, 0.717) is 0 Å². The predicted octanol–water partition coefficient (Wildman–Crippen LogP) is 2.21. The van der Waals surface area contributed by atoms with E-state index in [4.69, 9.17) is 5.26 Å². The molecule has 0 N–H and O–H groups in total. The second-order valence-electron chi connectivity index (χ2n) is 3.90. The lowest BCUT2D eigenvalue weighted by molar-refractivity contribution is 0.415. The first-order chi connectivity index (χ1) is 6.14. The van der Waals surface area contributed by atoms with Crippen LogP contribution in [0.1, 0.15) is 26.7 Å². The van der Waals surface area contributed by atoms with Gasteiger partial charge in [-0.15, -0.1) is 0 Å². The molecule has 0 saturated carbocycles. The van der Waals surface area contributed by atoms with Gasteiger partial charge in [0, 0.05) is 18.9 Å². The third-order valence-electron chi connectivity index (χ3n) is 2.08. The molecular formula is C10H15N3. The summed E-state index contributed by atoms with van der Waals surface area (Å²) in [6.45, 7) is 4.90. The van der Waals surface area contributed by atoms with Gasteiger partial charge in [0.05, 0.1) is 17.8 Å². The van der Waals surface area contributed by atoms with Crippen molar-refractivity contribution in [3.8, 4) is 6.07 Å². The average Bonchev–Trinajstić information content (AvgIpc) is 2.57. The highest BCUT2D eigenvalue weighted by molar-refractivity contribution is 4.91. The highest BCUT2D eigenvalue weighted by Gasteiger charge is 2.15. The molecule has 0 aliphatic rings. The minimum Gasteiger partial charge on any atom is -0.337 e. The van der Waals surface area contributed by atoms with E-state index in [1.807, 2.05) is 24.6 Å². The normalized spacial score (nSPS) is 11.2. The van der Waals surface area contributed by atoms with Crippen molar-refractivity contribution in [3.63, 3.8) is 0 Å². The largest absolute Gasteiger partial charge is 0.337 e. The first kappa shape index (κ1) is 9.79. The van der Waals surface area contributed by atoms with Crippen LogP contribution in [0.3, 0.4) is 0 Å². The molecule has 0 radical (unpaired) electrons. The summed E-state index contributed by atoms with van der Waals surface area (Å²) in [5.41, 5.74) is -0.194. The summed E-state index contributed by atoms with van der Waals surface area (Å²) in [5.74, 6) is 0. The fourth-order valence-electron chi connectivity index (χ4n) is 1.18. The summed E-state index contributed by atoms with van der Waals surface area (Å²) < 4.78 is 2.04. The van der Waals surface area contributed by atoms with E-state index < -0.39 is 0 Å². The number of nitriles is 1. The zero-order valence-corrected chi connectivity index (χ0v) is 8.20. The van der Waals surface area contributed by atoms with Crippen molar-refractivity contribution in [2.24, 2.45) is 5.41 Å². The molecule has 0 aliphatic heterocycles. The predicted molar refractivity (Wildman–Crippen MR) is 50.9 cm³/mol. The van der Waals surface area contributed by atoms with Crippen LogP contribution in [-0.4, -0.2) is 9.55 Å². The summed E-state index contributed by atoms with van der Waals surface area (Å²) >= 11 is 0. The van der Waals surface area contributed by atoms with Crippen molar-refractivity contribution >= 4 is 0 Å². The summed E-state index contributed by atoms with van der Waals surface area (Å²) in [4.78, 5) is 3.96. The lowest BCUT2D eigenvalue weighted by Crippen LogP contribution is -2.09. The summed E-state index contributed by atoms with van der Waals surface area (Å²) in [5, 5.41) is 8.78. The van der Waals surface area contributed by atoms with E-state index in [0.717, 1.165) is 19.4 Å². The molecule has 0 bridgehead atoms. The van der Waals surface area contributed by atoms with Crippen molar-refractivity contribution in [1.82, 2.24) is 9.55 Å². The Morgan fingerprint density at radius 2 is 2.31 bits per heavy atom. The van der Waals surface area contributed by atoms with Crippen LogP contribution in [0.15, 0.2) is 18.7 Å². The van der Waals surface area contributed by atoms with E-state index >= 15 is 0 Å². The lowest BCUT2D eigenvalue weighted by atomic mass is 9.90. The molecule has 0 unspecified atom stereocenters. The van der Waals surface area contributed by atoms with E-state index in [2.05, 4.69) is 11.1 Å². The summed E-state index contributed by atoms with van der Waals surface area (Å²) in [6.07, 6.45) is 7.48. The average molecular weight is 177 g/mol. The highest BCUT2D eigenvalue weighted by Crippen LogP contribution is 2.20. The van der Waals surface area contributed by atoms with Gasteiger partial charge in [-0.05, 0) is 26.7 Å². The highest BCUT2D eigenvalue weighted by atomic mass is 15.0. The lowest BCUT2D eigenvalue weighted by Gasteiger charge is -2.14. The van der Waals surface area contributed by atoms with E-state index in [9.17, 15) is 0 Å². The smallest absolute Gasteiger partial charge is 0.0945 e. The fourth-order valence-corrected chi connectivity index (χ4v) is 1.18. The van der Waals surface area contributed by atoms with Crippen LogP contribution >= 0.6 is 0 Å². The molecule has 0 amide bonds. The van der Waals surface area contributed by atoms with Crippen molar-refractivity contribution < 1.29 is 0 Å². The molecule has 1 rings (SSSR count). The Kier molecular flexibility index (Phi) is 3.07. The molecule has 0 atom stereocenters. The van der Waals surface area contributed by atoms with Gasteiger partial charge >= 0.3 is 0 Å². The van der Waals surface area contributed by atoms with Crippen LogP contribution in [-0.2, 0) is 6.54 Å². The van der Waals surface area contributed by atoms with Crippen LogP contribution in [0, 0.1) is 16.7 Å². The zero-order valence-electron chi connectivity index (χ0n) is 8.20. The van der Waals surface area contributed by atoms with E-state index in [1.54, 1.807) is 12.5 Å². The molecular weight excluding hydrogens is 162 g/mol. The van der Waals surface area contributed by atoms with E-state index in [1.165, 1.54) is 0 Å². The quantitative estimate of drug-likeness (QED) is 0.707. The molecule has 3 nitrogen and oxygen atoms in total. The van der Waals surface area contributed by atoms with Gasteiger partial charge in [0.25, 0.3) is 0 Å². The second-order valence-corrected chi connectivity index (χ2v) is 3.90. The molecule has 0 spiro atoms. The topological polar surface area (TPSA) is 41.6 Å². The zero-order chi connectivity index (χ0) is 9.73. The standard InChI is InChI=1S/C10H15N3/c1-10(2,8-11)4-3-6-13-7-5-12-9-13/h5,7,9H,3-4,6H2,1-2H3. The Bertz CT molecular complexity index is 280. The first-order valence-electron chi connectivity index (χ1n) is 4.51. The van der Waals surface area contributed by atoms with Gasteiger partial charge in [0.2, 0.25) is 0 Å². The molecule has 0 aromatic carbocycles. The minimum absolute atomic E-state index is 0.194. The Morgan fingerprint density at radius 3 is 2.85 bits per heavy atom. The maximum Gasteiger partial charge on any atom is 0.0945 e. The SMILES string of the molecule is CC(C)(C#N)CCCn1ccnc1. The van der Waals surface area contributed by atoms with Gasteiger partial charge < -0.3 is 4.57 Å². The molecule has 3 heteroatoms. The Labute approximate surface area is 79.0 Å². The number of hydrogen-bond donors (Lipinski definition) is 0. The monoisotopic (exact) mass is 177 g/mol. The van der Waals surface area contributed by atoms with Gasteiger partial charge in [-0.3, -0.25) is 0 Å². The molecule has 1 heterocycles. The Balaban J connectivity index is 2.26. The fraction of sp³-hybridized carbons (Fsp3) is 0.600. The third kappa shape index (κ3) is 3.29. The van der Waals surface area contributed by atoms with Crippen LogP contribution in [0.2, 0.25) is 0 Å². The second kappa shape index (κ2) is 4.08. The third-order valence-corrected chi connectivity index (χ3v) is 2.08. The van der Waals surface area contributed by atoms with Gasteiger partial charge in [-0.2, -0.15) is 5.26 Å². The number of imidazole rings is 1. The van der Waals surface area contributed by atoms with Crippen molar-refractivity contribution in [2.75, 3.05) is 0 Å². The molecule has 0 saturated heterocycles. The van der Waals surface area contributed by atoms with Crippen LogP contribution in [0.4, 0.5) is 0 Å². The van der Waals surface area contributed by atoms with Gasteiger partial charge in [-0.1, -0.05) is 0 Å².